The molecule has 1 saturated heterocycles. The van der Waals surface area contributed by atoms with E-state index in [0.717, 1.165) is 36.4 Å². The van der Waals surface area contributed by atoms with Crippen LogP contribution in [0.2, 0.25) is 0 Å². The number of hydrogen-bond acceptors (Lipinski definition) is 5. The smallest absolute Gasteiger partial charge is 0.187 e. The van der Waals surface area contributed by atoms with Crippen molar-refractivity contribution in [3.05, 3.63) is 53.1 Å². The number of ketones is 1. The van der Waals surface area contributed by atoms with Crippen LogP contribution in [-0.4, -0.2) is 35.1 Å². The van der Waals surface area contributed by atoms with Crippen LogP contribution in [0.5, 0.6) is 5.75 Å². The lowest BCUT2D eigenvalue weighted by atomic mass is 10.1. The van der Waals surface area contributed by atoms with Crippen LogP contribution in [0.15, 0.2) is 30.5 Å². The molecule has 0 aliphatic carbocycles. The van der Waals surface area contributed by atoms with Crippen LogP contribution < -0.4 is 4.74 Å². The van der Waals surface area contributed by atoms with E-state index in [1.54, 1.807) is 12.3 Å². The summed E-state index contributed by atoms with van der Waals surface area (Å²) >= 11 is 0. The maximum atomic E-state index is 12.5. The minimum absolute atomic E-state index is 0.0566. The lowest BCUT2D eigenvalue weighted by Gasteiger charge is -2.22. The quantitative estimate of drug-likeness (QED) is 0.754. The highest BCUT2D eigenvalue weighted by Gasteiger charge is 2.16. The first kappa shape index (κ1) is 17.5. The minimum Gasteiger partial charge on any atom is -0.491 e. The zero-order chi connectivity index (χ0) is 17.6. The summed E-state index contributed by atoms with van der Waals surface area (Å²) < 4.78 is 11.5. The fourth-order valence-electron chi connectivity index (χ4n) is 2.85. The molecule has 0 radical (unpaired) electrons. The molecule has 1 aliphatic rings. The standard InChI is InChI=1S/C20H24N2O3/c1-14-6-7-16(21-12-14)10-20(23)19-11-18(9-15(2)22-19)25-13-17-5-3-4-8-24-17/h6-7,9,11-12,17H,3-5,8,10,13H2,1-2H3. The Hall–Kier alpha value is -2.27. The SMILES string of the molecule is Cc1ccc(CC(=O)c2cc(OCC3CCCCO3)cc(C)n2)nc1. The van der Waals surface area contributed by atoms with Crippen molar-refractivity contribution in [2.75, 3.05) is 13.2 Å². The summed E-state index contributed by atoms with van der Waals surface area (Å²) in [5.41, 5.74) is 3.01. The van der Waals surface area contributed by atoms with Crippen molar-refractivity contribution >= 4 is 5.78 Å². The van der Waals surface area contributed by atoms with Crippen LogP contribution in [0.25, 0.3) is 0 Å². The van der Waals surface area contributed by atoms with Crippen LogP contribution >= 0.6 is 0 Å². The zero-order valence-corrected chi connectivity index (χ0v) is 14.8. The molecule has 5 nitrogen and oxygen atoms in total. The molecule has 0 saturated carbocycles. The third kappa shape index (κ3) is 5.10. The van der Waals surface area contributed by atoms with Gasteiger partial charge in [-0.3, -0.25) is 9.78 Å². The van der Waals surface area contributed by atoms with E-state index >= 15 is 0 Å². The highest BCUT2D eigenvalue weighted by Crippen LogP contribution is 2.18. The average Bonchev–Trinajstić information content (AvgIpc) is 2.62. The van der Waals surface area contributed by atoms with Gasteiger partial charge in [0.15, 0.2) is 5.78 Å². The molecule has 0 bridgehead atoms. The Morgan fingerprint density at radius 3 is 2.88 bits per heavy atom. The second-order valence-corrected chi connectivity index (χ2v) is 6.56. The molecule has 3 heterocycles. The van der Waals surface area contributed by atoms with Gasteiger partial charge in [-0.25, -0.2) is 4.98 Å². The number of nitrogens with zero attached hydrogens (tertiary/aromatic N) is 2. The van der Waals surface area contributed by atoms with Crippen LogP contribution in [0.3, 0.4) is 0 Å². The Balaban J connectivity index is 1.65. The normalized spacial score (nSPS) is 17.3. The van der Waals surface area contributed by atoms with Gasteiger partial charge in [-0.15, -0.1) is 0 Å². The van der Waals surface area contributed by atoms with Crippen LogP contribution in [0.1, 0.15) is 46.7 Å². The van der Waals surface area contributed by atoms with E-state index in [4.69, 9.17) is 9.47 Å². The number of aryl methyl sites for hydroxylation is 2. The summed E-state index contributed by atoms with van der Waals surface area (Å²) in [7, 11) is 0. The van der Waals surface area contributed by atoms with Crippen molar-refractivity contribution in [3.63, 3.8) is 0 Å². The summed E-state index contributed by atoms with van der Waals surface area (Å²) in [5, 5.41) is 0. The number of rotatable bonds is 6. The molecule has 0 amide bonds. The highest BCUT2D eigenvalue weighted by atomic mass is 16.5. The fraction of sp³-hybridized carbons (Fsp3) is 0.450. The van der Waals surface area contributed by atoms with Crippen molar-refractivity contribution in [3.8, 4) is 5.75 Å². The first-order chi connectivity index (χ1) is 12.1. The fourth-order valence-corrected chi connectivity index (χ4v) is 2.85. The van der Waals surface area contributed by atoms with E-state index in [-0.39, 0.29) is 18.3 Å². The lowest BCUT2D eigenvalue weighted by Crippen LogP contribution is -2.25. The Labute approximate surface area is 148 Å². The van der Waals surface area contributed by atoms with Gasteiger partial charge in [0.25, 0.3) is 0 Å². The van der Waals surface area contributed by atoms with Gasteiger partial charge in [-0.1, -0.05) is 6.07 Å². The Morgan fingerprint density at radius 1 is 1.28 bits per heavy atom. The summed E-state index contributed by atoms with van der Waals surface area (Å²) in [6.45, 7) is 5.15. The Bertz CT molecular complexity index is 722. The van der Waals surface area contributed by atoms with Crippen LogP contribution in [-0.2, 0) is 11.2 Å². The van der Waals surface area contributed by atoms with Crippen LogP contribution in [0.4, 0.5) is 0 Å². The molecule has 132 valence electrons. The number of carbonyl (C=O) groups excluding carboxylic acids is 1. The highest BCUT2D eigenvalue weighted by molar-refractivity contribution is 5.95. The third-order valence-corrected chi connectivity index (χ3v) is 4.24. The molecular weight excluding hydrogens is 316 g/mol. The summed E-state index contributed by atoms with van der Waals surface area (Å²) in [5.74, 6) is 0.612. The second-order valence-electron chi connectivity index (χ2n) is 6.56. The molecule has 25 heavy (non-hydrogen) atoms. The molecule has 0 aromatic carbocycles. The van der Waals surface area contributed by atoms with Crippen molar-refractivity contribution in [1.82, 2.24) is 9.97 Å². The van der Waals surface area contributed by atoms with E-state index in [1.807, 2.05) is 32.0 Å². The number of ether oxygens (including phenoxy) is 2. The molecule has 1 fully saturated rings. The van der Waals surface area contributed by atoms with E-state index < -0.39 is 0 Å². The first-order valence-corrected chi connectivity index (χ1v) is 8.78. The molecule has 0 spiro atoms. The number of hydrogen-bond donors (Lipinski definition) is 0. The molecule has 1 aliphatic heterocycles. The van der Waals surface area contributed by atoms with Gasteiger partial charge < -0.3 is 9.47 Å². The molecule has 0 N–H and O–H groups in total. The van der Waals surface area contributed by atoms with Gasteiger partial charge in [0.1, 0.15) is 18.1 Å². The molecule has 1 unspecified atom stereocenters. The number of carbonyl (C=O) groups is 1. The average molecular weight is 340 g/mol. The largest absolute Gasteiger partial charge is 0.491 e. The number of Topliss-reactive ketones (excluding diaryl/α,β-unsaturated/α-hetero) is 1. The molecule has 3 rings (SSSR count). The monoisotopic (exact) mass is 340 g/mol. The van der Waals surface area contributed by atoms with Crippen LogP contribution in [0, 0.1) is 13.8 Å². The molecule has 2 aromatic heterocycles. The van der Waals surface area contributed by atoms with Crippen molar-refractivity contribution in [2.45, 2.75) is 45.6 Å². The summed E-state index contributed by atoms with van der Waals surface area (Å²) in [4.78, 5) is 21.2. The first-order valence-electron chi connectivity index (χ1n) is 8.78. The number of pyridine rings is 2. The van der Waals surface area contributed by atoms with Crippen molar-refractivity contribution in [1.29, 1.82) is 0 Å². The van der Waals surface area contributed by atoms with E-state index in [9.17, 15) is 4.79 Å². The van der Waals surface area contributed by atoms with Gasteiger partial charge in [0.2, 0.25) is 0 Å². The topological polar surface area (TPSA) is 61.3 Å². The minimum atomic E-state index is -0.0566. The van der Waals surface area contributed by atoms with E-state index in [2.05, 4.69) is 9.97 Å². The van der Waals surface area contributed by atoms with Gasteiger partial charge >= 0.3 is 0 Å². The summed E-state index contributed by atoms with van der Waals surface area (Å²) in [6.07, 6.45) is 5.47. The van der Waals surface area contributed by atoms with Gasteiger partial charge in [-0.05, 0) is 44.7 Å². The molecule has 2 aromatic rings. The Morgan fingerprint density at radius 2 is 2.16 bits per heavy atom. The Kier molecular flexibility index (Phi) is 5.76. The maximum absolute atomic E-state index is 12.5. The third-order valence-electron chi connectivity index (χ3n) is 4.24. The van der Waals surface area contributed by atoms with E-state index in [0.29, 0.717) is 18.1 Å². The second kappa shape index (κ2) is 8.21. The summed E-state index contributed by atoms with van der Waals surface area (Å²) in [6, 6.07) is 7.40. The number of aromatic nitrogens is 2. The van der Waals surface area contributed by atoms with Crippen molar-refractivity contribution < 1.29 is 14.3 Å². The predicted octanol–water partition coefficient (Wildman–Crippen LogP) is 3.47. The van der Waals surface area contributed by atoms with Gasteiger partial charge in [-0.2, -0.15) is 0 Å². The molecule has 1 atom stereocenters. The van der Waals surface area contributed by atoms with Crippen molar-refractivity contribution in [2.24, 2.45) is 0 Å². The van der Waals surface area contributed by atoms with E-state index in [1.165, 1.54) is 6.42 Å². The van der Waals surface area contributed by atoms with Gasteiger partial charge in [0.05, 0.1) is 12.5 Å². The molecule has 5 heteroatoms. The van der Waals surface area contributed by atoms with Gasteiger partial charge in [0, 0.05) is 36.3 Å². The maximum Gasteiger partial charge on any atom is 0.187 e. The zero-order valence-electron chi connectivity index (χ0n) is 14.8. The lowest BCUT2D eigenvalue weighted by molar-refractivity contribution is -0.0111. The predicted molar refractivity (Wildman–Crippen MR) is 95.1 cm³/mol. The molecular formula is C20H24N2O3.